The normalized spacial score (nSPS) is 29.9. The Kier molecular flexibility index (Phi) is 2.83. The van der Waals surface area contributed by atoms with E-state index in [1.807, 2.05) is 0 Å². The second-order valence-electron chi connectivity index (χ2n) is 5.66. The van der Waals surface area contributed by atoms with Crippen molar-refractivity contribution in [2.75, 3.05) is 7.11 Å². The van der Waals surface area contributed by atoms with Gasteiger partial charge >= 0.3 is 12.1 Å². The van der Waals surface area contributed by atoms with Gasteiger partial charge in [-0.2, -0.15) is 0 Å². The summed E-state index contributed by atoms with van der Waals surface area (Å²) >= 11 is 0. The molecule has 0 spiro atoms. The molecule has 2 amide bonds. The van der Waals surface area contributed by atoms with Gasteiger partial charge < -0.3 is 9.47 Å². The number of fused-ring (bicyclic) bond motifs is 1. The van der Waals surface area contributed by atoms with Crippen molar-refractivity contribution >= 4 is 18.0 Å². The van der Waals surface area contributed by atoms with Gasteiger partial charge in [-0.1, -0.05) is 0 Å². The molecule has 2 fully saturated rings. The third-order valence-electron chi connectivity index (χ3n) is 3.11. The van der Waals surface area contributed by atoms with Gasteiger partial charge in [-0.15, -0.1) is 0 Å². The molecule has 6 heteroatoms. The Bertz CT molecular complexity index is 411. The minimum absolute atomic E-state index is 0.0996. The molecule has 6 nitrogen and oxygen atoms in total. The molecule has 0 aromatic heterocycles. The van der Waals surface area contributed by atoms with Crippen molar-refractivity contribution in [2.45, 2.75) is 38.8 Å². The van der Waals surface area contributed by atoms with Gasteiger partial charge in [0.2, 0.25) is 5.91 Å². The van der Waals surface area contributed by atoms with E-state index >= 15 is 0 Å². The number of methoxy groups -OCH3 is 1. The van der Waals surface area contributed by atoms with E-state index in [0.717, 1.165) is 4.90 Å². The van der Waals surface area contributed by atoms with Crippen LogP contribution in [0.1, 0.15) is 27.2 Å². The number of carbonyl (C=O) groups excluding carboxylic acids is 3. The molecule has 1 heterocycles. The van der Waals surface area contributed by atoms with Crippen molar-refractivity contribution in [2.24, 2.45) is 11.8 Å². The van der Waals surface area contributed by atoms with Gasteiger partial charge in [0.15, 0.2) is 0 Å². The zero-order chi connectivity index (χ0) is 13.7. The van der Waals surface area contributed by atoms with Crippen LogP contribution in [0.4, 0.5) is 4.79 Å². The molecule has 0 N–H and O–H groups in total. The number of esters is 1. The van der Waals surface area contributed by atoms with E-state index in [1.165, 1.54) is 7.11 Å². The lowest BCUT2D eigenvalue weighted by Crippen LogP contribution is -2.48. The maximum Gasteiger partial charge on any atom is 0.417 e. The Labute approximate surface area is 105 Å². The lowest BCUT2D eigenvalue weighted by atomic mass is 10.2. The van der Waals surface area contributed by atoms with E-state index in [4.69, 9.17) is 4.74 Å². The van der Waals surface area contributed by atoms with Gasteiger partial charge in [0.25, 0.3) is 0 Å². The van der Waals surface area contributed by atoms with Crippen LogP contribution in [0.25, 0.3) is 0 Å². The molecule has 1 saturated heterocycles. The molecule has 2 rings (SSSR count). The number of imide groups is 1. The highest BCUT2D eigenvalue weighted by Crippen LogP contribution is 2.51. The SMILES string of the molecule is COC(=O)[C@@H]1[C@H]2C[C@H]2C(=O)N1C(=O)OC(C)(C)C. The maximum atomic E-state index is 11.9. The van der Waals surface area contributed by atoms with Crippen LogP contribution in [0.15, 0.2) is 0 Å². The van der Waals surface area contributed by atoms with E-state index in [1.54, 1.807) is 20.8 Å². The average Bonchev–Trinajstić information content (AvgIpc) is 2.96. The molecule has 2 aliphatic rings. The minimum atomic E-state index is -0.817. The fraction of sp³-hybridized carbons (Fsp3) is 0.750. The van der Waals surface area contributed by atoms with E-state index in [-0.39, 0.29) is 17.7 Å². The first-order valence-corrected chi connectivity index (χ1v) is 5.90. The van der Waals surface area contributed by atoms with Crippen LogP contribution in [0.2, 0.25) is 0 Å². The number of piperidine rings is 1. The van der Waals surface area contributed by atoms with Crippen LogP contribution < -0.4 is 0 Å². The number of carbonyl (C=O) groups is 3. The molecule has 100 valence electrons. The quantitative estimate of drug-likeness (QED) is 0.652. The third-order valence-corrected chi connectivity index (χ3v) is 3.11. The first-order chi connectivity index (χ1) is 8.26. The Hall–Kier alpha value is -1.59. The topological polar surface area (TPSA) is 72.9 Å². The fourth-order valence-electron chi connectivity index (χ4n) is 2.27. The van der Waals surface area contributed by atoms with Crippen molar-refractivity contribution in [3.63, 3.8) is 0 Å². The Morgan fingerprint density at radius 1 is 1.33 bits per heavy atom. The summed E-state index contributed by atoms with van der Waals surface area (Å²) < 4.78 is 9.79. The Balaban J connectivity index is 2.17. The van der Waals surface area contributed by atoms with Crippen molar-refractivity contribution in [3.05, 3.63) is 0 Å². The highest BCUT2D eigenvalue weighted by molar-refractivity contribution is 6.03. The van der Waals surface area contributed by atoms with Gasteiger partial charge in [-0.05, 0) is 27.2 Å². The molecule has 0 aromatic carbocycles. The molecule has 3 atom stereocenters. The summed E-state index contributed by atoms with van der Waals surface area (Å²) in [5.74, 6) is -1.21. The van der Waals surface area contributed by atoms with Crippen molar-refractivity contribution in [1.82, 2.24) is 4.90 Å². The van der Waals surface area contributed by atoms with Gasteiger partial charge in [-0.3, -0.25) is 4.79 Å². The van der Waals surface area contributed by atoms with Gasteiger partial charge in [0.05, 0.1) is 7.11 Å². The number of ether oxygens (including phenoxy) is 2. The summed E-state index contributed by atoms with van der Waals surface area (Å²) in [6.07, 6.45) is -0.118. The van der Waals surface area contributed by atoms with Crippen molar-refractivity contribution < 1.29 is 23.9 Å². The van der Waals surface area contributed by atoms with E-state index < -0.39 is 23.7 Å². The first kappa shape index (κ1) is 12.9. The summed E-state index contributed by atoms with van der Waals surface area (Å²) in [5.41, 5.74) is -0.704. The highest BCUT2D eigenvalue weighted by Gasteiger charge is 2.64. The maximum absolute atomic E-state index is 11.9. The number of hydrogen-bond donors (Lipinski definition) is 0. The molecule has 0 bridgehead atoms. The second-order valence-corrected chi connectivity index (χ2v) is 5.66. The van der Waals surface area contributed by atoms with E-state index in [9.17, 15) is 14.4 Å². The lowest BCUT2D eigenvalue weighted by molar-refractivity contribution is -0.150. The van der Waals surface area contributed by atoms with Gasteiger partial charge in [0, 0.05) is 11.8 Å². The zero-order valence-corrected chi connectivity index (χ0v) is 10.9. The van der Waals surface area contributed by atoms with Crippen LogP contribution >= 0.6 is 0 Å². The number of likely N-dealkylation sites (tertiary alicyclic amines) is 1. The molecule has 0 aromatic rings. The van der Waals surface area contributed by atoms with Crippen molar-refractivity contribution in [1.29, 1.82) is 0 Å². The smallest absolute Gasteiger partial charge is 0.417 e. The number of rotatable bonds is 1. The summed E-state index contributed by atoms with van der Waals surface area (Å²) in [5, 5.41) is 0. The van der Waals surface area contributed by atoms with Crippen LogP contribution in [-0.2, 0) is 19.1 Å². The standard InChI is InChI=1S/C12H17NO5/c1-12(2,3)18-11(16)13-8(10(15)17-4)6-5-7(6)9(13)14/h6-8H,5H2,1-4H3/t6-,7+,8-/m0/s1. The molecule has 0 radical (unpaired) electrons. The second kappa shape index (κ2) is 3.96. The zero-order valence-electron chi connectivity index (χ0n) is 10.9. The Morgan fingerprint density at radius 3 is 2.44 bits per heavy atom. The minimum Gasteiger partial charge on any atom is -0.467 e. The van der Waals surface area contributed by atoms with E-state index in [0.29, 0.717) is 6.42 Å². The molecular formula is C12H17NO5. The number of amides is 2. The van der Waals surface area contributed by atoms with Crippen LogP contribution in [0.5, 0.6) is 0 Å². The van der Waals surface area contributed by atoms with Crippen LogP contribution in [-0.4, -0.2) is 41.6 Å². The number of nitrogens with zero attached hydrogens (tertiary/aromatic N) is 1. The summed E-state index contributed by atoms with van der Waals surface area (Å²) in [4.78, 5) is 36.4. The molecular weight excluding hydrogens is 238 g/mol. The molecule has 1 saturated carbocycles. The van der Waals surface area contributed by atoms with Crippen LogP contribution in [0, 0.1) is 11.8 Å². The van der Waals surface area contributed by atoms with Gasteiger partial charge in [-0.25, -0.2) is 14.5 Å². The molecule has 18 heavy (non-hydrogen) atoms. The first-order valence-electron chi connectivity index (χ1n) is 5.90. The average molecular weight is 255 g/mol. The van der Waals surface area contributed by atoms with Gasteiger partial charge in [0.1, 0.15) is 11.6 Å². The fourth-order valence-corrected chi connectivity index (χ4v) is 2.27. The van der Waals surface area contributed by atoms with Crippen molar-refractivity contribution in [3.8, 4) is 0 Å². The monoisotopic (exact) mass is 255 g/mol. The Morgan fingerprint density at radius 2 is 1.94 bits per heavy atom. The number of hydrogen-bond acceptors (Lipinski definition) is 5. The predicted octanol–water partition coefficient (Wildman–Crippen LogP) is 0.941. The molecule has 1 aliphatic heterocycles. The van der Waals surface area contributed by atoms with Crippen LogP contribution in [0.3, 0.4) is 0 Å². The molecule has 1 aliphatic carbocycles. The third kappa shape index (κ3) is 2.07. The van der Waals surface area contributed by atoms with E-state index in [2.05, 4.69) is 4.74 Å². The molecule has 0 unspecified atom stereocenters. The highest BCUT2D eigenvalue weighted by atomic mass is 16.6. The predicted molar refractivity (Wildman–Crippen MR) is 60.5 cm³/mol. The summed E-state index contributed by atoms with van der Waals surface area (Å²) in [6, 6.07) is -0.817. The largest absolute Gasteiger partial charge is 0.467 e. The summed E-state index contributed by atoms with van der Waals surface area (Å²) in [6.45, 7) is 5.12. The lowest BCUT2D eigenvalue weighted by Gasteiger charge is -2.27. The summed E-state index contributed by atoms with van der Waals surface area (Å²) in [7, 11) is 1.25.